The number of phenols is 2. The summed E-state index contributed by atoms with van der Waals surface area (Å²) in [5.74, 6) is 3.14. The molecule has 6 aliphatic rings. The Balaban J connectivity index is 1.44. The van der Waals surface area contributed by atoms with Crippen molar-refractivity contribution in [3.8, 4) is 46.0 Å². The molecule has 8 nitrogen and oxygen atoms in total. The van der Waals surface area contributed by atoms with Crippen LogP contribution in [-0.4, -0.2) is 61.4 Å². The van der Waals surface area contributed by atoms with Crippen molar-refractivity contribution in [3.05, 3.63) is 94.0 Å². The second-order valence-electron chi connectivity index (χ2n) is 12.1. The predicted molar refractivity (Wildman–Crippen MR) is 168 cm³/mol. The number of rotatable bonds is 2. The van der Waals surface area contributed by atoms with E-state index in [1.165, 1.54) is 11.1 Å². The maximum Gasteiger partial charge on any atom is 0.201 e. The summed E-state index contributed by atoms with van der Waals surface area (Å²) in [6.45, 7) is 1.74. The van der Waals surface area contributed by atoms with Gasteiger partial charge in [-0.25, -0.2) is 0 Å². The minimum Gasteiger partial charge on any atom is -0.504 e. The monoisotopic (exact) mass is 594 g/mol. The molecule has 4 aromatic carbocycles. The molecule has 4 aromatic rings. The number of phenolic OH excluding ortho intramolecular Hbond substituents is 2. The molecule has 0 fully saturated rings. The second kappa shape index (κ2) is 11.3. The summed E-state index contributed by atoms with van der Waals surface area (Å²) in [7, 11) is 7.46. The zero-order chi connectivity index (χ0) is 30.5. The molecule has 6 heterocycles. The average Bonchev–Trinajstić information content (AvgIpc) is 3.03. The van der Waals surface area contributed by atoms with Gasteiger partial charge in [-0.1, -0.05) is 18.2 Å². The van der Waals surface area contributed by atoms with Crippen molar-refractivity contribution in [2.45, 2.75) is 37.8 Å². The number of ether oxygens (including phenoxy) is 4. The molecule has 10 rings (SSSR count). The number of methoxy groups -OCH3 is 2. The number of aromatic hydroxyl groups is 2. The Kier molecular flexibility index (Phi) is 7.26. The Hall–Kier alpha value is -4.40. The van der Waals surface area contributed by atoms with E-state index < -0.39 is 0 Å². The molecular formula is C36H38N2O6. The van der Waals surface area contributed by atoms with Crippen LogP contribution in [0.2, 0.25) is 0 Å². The summed E-state index contributed by atoms with van der Waals surface area (Å²) in [5.41, 5.74) is 6.56. The molecule has 228 valence electrons. The van der Waals surface area contributed by atoms with E-state index in [0.29, 0.717) is 40.9 Å². The smallest absolute Gasteiger partial charge is 0.201 e. The Morgan fingerprint density at radius 1 is 0.705 bits per heavy atom. The van der Waals surface area contributed by atoms with Crippen LogP contribution in [0.25, 0.3) is 0 Å². The molecule has 2 N–H and O–H groups in total. The molecule has 0 saturated carbocycles. The van der Waals surface area contributed by atoms with Crippen molar-refractivity contribution < 1.29 is 29.2 Å². The molecule has 6 aliphatic heterocycles. The third-order valence-electron chi connectivity index (χ3n) is 9.46. The summed E-state index contributed by atoms with van der Waals surface area (Å²) in [4.78, 5) is 4.66. The van der Waals surface area contributed by atoms with Crippen molar-refractivity contribution in [3.63, 3.8) is 0 Å². The van der Waals surface area contributed by atoms with E-state index in [2.05, 4.69) is 48.2 Å². The Morgan fingerprint density at radius 3 is 2.14 bits per heavy atom. The molecule has 8 heteroatoms. The fourth-order valence-electron chi connectivity index (χ4n) is 6.94. The van der Waals surface area contributed by atoms with Crippen molar-refractivity contribution >= 4 is 0 Å². The first-order valence-corrected chi connectivity index (χ1v) is 15.1. The Morgan fingerprint density at radius 2 is 1.39 bits per heavy atom. The molecule has 0 amide bonds. The summed E-state index contributed by atoms with van der Waals surface area (Å²) in [6.07, 6.45) is 3.08. The number of hydrogen-bond acceptors (Lipinski definition) is 8. The lowest BCUT2D eigenvalue weighted by Gasteiger charge is -2.37. The third kappa shape index (κ3) is 4.98. The molecule has 0 spiro atoms. The van der Waals surface area contributed by atoms with Crippen LogP contribution in [-0.2, 0) is 25.7 Å². The first-order valence-electron chi connectivity index (χ1n) is 15.1. The zero-order valence-electron chi connectivity index (χ0n) is 25.6. The first-order chi connectivity index (χ1) is 21.3. The minimum atomic E-state index is -0.0539. The van der Waals surface area contributed by atoms with E-state index in [4.69, 9.17) is 18.9 Å². The van der Waals surface area contributed by atoms with Crippen LogP contribution in [0.15, 0.2) is 60.7 Å². The highest BCUT2D eigenvalue weighted by Crippen LogP contribution is 2.51. The first kappa shape index (κ1) is 28.4. The van der Waals surface area contributed by atoms with Crippen LogP contribution in [0.5, 0.6) is 46.0 Å². The van der Waals surface area contributed by atoms with Crippen LogP contribution >= 0.6 is 0 Å². The summed E-state index contributed by atoms with van der Waals surface area (Å²) < 4.78 is 24.5. The zero-order valence-corrected chi connectivity index (χ0v) is 25.6. The topological polar surface area (TPSA) is 83.9 Å². The molecule has 2 atom stereocenters. The van der Waals surface area contributed by atoms with Gasteiger partial charge in [0.1, 0.15) is 5.75 Å². The predicted octanol–water partition coefficient (Wildman–Crippen LogP) is 6.56. The highest BCUT2D eigenvalue weighted by Gasteiger charge is 2.34. The van der Waals surface area contributed by atoms with Crippen LogP contribution in [0.1, 0.15) is 45.5 Å². The number of nitrogens with zero attached hydrogens (tertiary/aromatic N) is 2. The van der Waals surface area contributed by atoms with Crippen molar-refractivity contribution in [1.82, 2.24) is 9.80 Å². The van der Waals surface area contributed by atoms with Gasteiger partial charge in [-0.3, -0.25) is 9.80 Å². The van der Waals surface area contributed by atoms with Gasteiger partial charge in [-0.05, 0) is 110 Å². The highest BCUT2D eigenvalue weighted by atomic mass is 16.5. The fourth-order valence-corrected chi connectivity index (χ4v) is 6.94. The van der Waals surface area contributed by atoms with E-state index in [0.717, 1.165) is 54.6 Å². The average molecular weight is 595 g/mol. The lowest BCUT2D eigenvalue weighted by atomic mass is 9.87. The van der Waals surface area contributed by atoms with Gasteiger partial charge >= 0.3 is 0 Å². The number of hydrogen-bond donors (Lipinski definition) is 2. The SMILES string of the molecule is COc1cc2c3cc1Oc1c(O)c(OC)cc4c1C(Cc1ccc(cc1)Oc1cc(ccc1O)CC2N(C)CC3)N(C)CC4. The molecular weight excluding hydrogens is 556 g/mol. The minimum absolute atomic E-state index is 0.0161. The van der Waals surface area contributed by atoms with Gasteiger partial charge in [-0.2, -0.15) is 0 Å². The molecule has 0 aromatic heterocycles. The standard InChI is InChI=1S/C36H38N2O6/c1-37-13-11-23-18-32-31(41-3)20-26(23)27(37)16-22-7-10-29(39)30(17-22)43-25-8-5-21(6-9-25)15-28-34-24(12-14-38(28)2)19-33(42-4)35(40)36(34)44-32/h5-10,17-20,27-28,39-40H,11-16H2,1-4H3. The largest absolute Gasteiger partial charge is 0.504 e. The number of likely N-dealkylation sites (N-methyl/N-ethyl adjacent to an activating group) is 2. The van der Waals surface area contributed by atoms with Crippen molar-refractivity contribution in [2.24, 2.45) is 0 Å². The van der Waals surface area contributed by atoms with E-state index >= 15 is 0 Å². The van der Waals surface area contributed by atoms with E-state index in [1.54, 1.807) is 20.3 Å². The lowest BCUT2D eigenvalue weighted by molar-refractivity contribution is 0.221. The maximum atomic E-state index is 11.5. The second-order valence-corrected chi connectivity index (χ2v) is 12.1. The van der Waals surface area contributed by atoms with Crippen LogP contribution in [0.4, 0.5) is 0 Å². The molecule has 0 saturated heterocycles. The van der Waals surface area contributed by atoms with Gasteiger partial charge in [-0.15, -0.1) is 0 Å². The summed E-state index contributed by atoms with van der Waals surface area (Å²) in [5, 5.41) is 22.2. The Labute approximate surface area is 258 Å². The molecule has 2 unspecified atom stereocenters. The van der Waals surface area contributed by atoms with Crippen LogP contribution < -0.4 is 18.9 Å². The molecule has 0 radical (unpaired) electrons. The van der Waals surface area contributed by atoms with Crippen molar-refractivity contribution in [1.29, 1.82) is 0 Å². The molecule has 0 aliphatic carbocycles. The normalized spacial score (nSPS) is 19.6. The van der Waals surface area contributed by atoms with Gasteiger partial charge < -0.3 is 29.2 Å². The van der Waals surface area contributed by atoms with Gasteiger partial charge in [0.15, 0.2) is 34.5 Å². The summed E-state index contributed by atoms with van der Waals surface area (Å²) in [6, 6.07) is 19.7. The highest BCUT2D eigenvalue weighted by molar-refractivity contribution is 5.63. The van der Waals surface area contributed by atoms with Gasteiger partial charge in [0.25, 0.3) is 0 Å². The van der Waals surface area contributed by atoms with E-state index in [-0.39, 0.29) is 23.6 Å². The Bertz CT molecular complexity index is 1720. The maximum absolute atomic E-state index is 11.5. The quantitative estimate of drug-likeness (QED) is 0.270. The van der Waals surface area contributed by atoms with Crippen molar-refractivity contribution in [2.75, 3.05) is 41.4 Å². The van der Waals surface area contributed by atoms with E-state index in [9.17, 15) is 10.2 Å². The fraction of sp³-hybridized carbons (Fsp3) is 0.333. The van der Waals surface area contributed by atoms with Crippen LogP contribution in [0, 0.1) is 0 Å². The number of benzene rings is 4. The molecule has 44 heavy (non-hydrogen) atoms. The van der Waals surface area contributed by atoms with Crippen LogP contribution in [0.3, 0.4) is 0 Å². The van der Waals surface area contributed by atoms with Gasteiger partial charge in [0, 0.05) is 30.7 Å². The van der Waals surface area contributed by atoms with Gasteiger partial charge in [0.2, 0.25) is 5.75 Å². The van der Waals surface area contributed by atoms with E-state index in [1.807, 2.05) is 30.3 Å². The summed E-state index contributed by atoms with van der Waals surface area (Å²) >= 11 is 0. The lowest BCUT2D eigenvalue weighted by Crippen LogP contribution is -2.34. The third-order valence-corrected chi connectivity index (χ3v) is 9.46. The van der Waals surface area contributed by atoms with Gasteiger partial charge in [0.05, 0.1) is 14.2 Å². The molecule has 8 bridgehead atoms.